The van der Waals surface area contributed by atoms with Crippen LogP contribution in [-0.4, -0.2) is 0 Å². The van der Waals surface area contributed by atoms with Gasteiger partial charge in [0.25, 0.3) is 0 Å². The average Bonchev–Trinajstić information content (AvgIpc) is 3.28. The molecule has 0 N–H and O–H groups in total. The third-order valence-corrected chi connectivity index (χ3v) is 6.82. The number of hydrogen-bond donors (Lipinski definition) is 0. The SMILES string of the molecule is CC.CCC1CC2CCC1C2.CCC1CC2CCC1C2. The summed E-state index contributed by atoms with van der Waals surface area (Å²) < 4.78 is 0. The van der Waals surface area contributed by atoms with Gasteiger partial charge < -0.3 is 0 Å². The van der Waals surface area contributed by atoms with E-state index in [1.807, 2.05) is 13.8 Å². The Balaban J connectivity index is 0.000000131. The predicted molar refractivity (Wildman–Crippen MR) is 89.8 cm³/mol. The van der Waals surface area contributed by atoms with Crippen LogP contribution in [0.1, 0.15) is 91.9 Å². The summed E-state index contributed by atoms with van der Waals surface area (Å²) in [5.41, 5.74) is 0. The zero-order valence-electron chi connectivity index (χ0n) is 14.5. The van der Waals surface area contributed by atoms with Crippen LogP contribution < -0.4 is 0 Å². The molecule has 0 nitrogen and oxygen atoms in total. The van der Waals surface area contributed by atoms with Crippen molar-refractivity contribution in [1.29, 1.82) is 0 Å². The monoisotopic (exact) mass is 278 g/mol. The maximum Gasteiger partial charge on any atom is -0.0383 e. The molecule has 0 heteroatoms. The third kappa shape index (κ3) is 3.60. The van der Waals surface area contributed by atoms with Crippen LogP contribution >= 0.6 is 0 Å². The van der Waals surface area contributed by atoms with E-state index in [-0.39, 0.29) is 0 Å². The first-order chi connectivity index (χ1) is 9.80. The largest absolute Gasteiger partial charge is 0.0683 e. The van der Waals surface area contributed by atoms with E-state index >= 15 is 0 Å². The summed E-state index contributed by atoms with van der Waals surface area (Å²) in [6, 6.07) is 0. The van der Waals surface area contributed by atoms with Crippen LogP contribution in [0.15, 0.2) is 0 Å². The van der Waals surface area contributed by atoms with Crippen LogP contribution in [0, 0.1) is 35.5 Å². The standard InChI is InChI=1S/2C9H16.C2H6/c2*1-2-8-5-7-3-4-9(8)6-7;1-2/h2*7-9H,2-6H2,1H3;1-2H3. The highest BCUT2D eigenvalue weighted by atomic mass is 14.4. The first-order valence-corrected chi connectivity index (χ1v) is 9.80. The van der Waals surface area contributed by atoms with Gasteiger partial charge in [-0.05, 0) is 74.0 Å². The highest BCUT2D eigenvalue weighted by molar-refractivity contribution is 4.89. The van der Waals surface area contributed by atoms with Gasteiger partial charge in [-0.3, -0.25) is 0 Å². The third-order valence-electron chi connectivity index (χ3n) is 6.82. The van der Waals surface area contributed by atoms with Crippen LogP contribution in [0.5, 0.6) is 0 Å². The van der Waals surface area contributed by atoms with Gasteiger partial charge in [-0.1, -0.05) is 53.4 Å². The Morgan fingerprint density at radius 1 is 0.600 bits per heavy atom. The highest BCUT2D eigenvalue weighted by Gasteiger charge is 2.38. The minimum absolute atomic E-state index is 1.13. The van der Waals surface area contributed by atoms with Crippen LogP contribution in [0.4, 0.5) is 0 Å². The van der Waals surface area contributed by atoms with E-state index in [1.54, 1.807) is 51.4 Å². The first-order valence-electron chi connectivity index (χ1n) is 9.80. The van der Waals surface area contributed by atoms with Gasteiger partial charge in [0.1, 0.15) is 0 Å². The molecule has 0 aromatic heterocycles. The first kappa shape index (κ1) is 16.4. The molecule has 4 saturated carbocycles. The number of hydrogen-bond acceptors (Lipinski definition) is 0. The van der Waals surface area contributed by atoms with Gasteiger partial charge in [0.2, 0.25) is 0 Å². The molecule has 6 unspecified atom stereocenters. The zero-order valence-corrected chi connectivity index (χ0v) is 14.5. The Morgan fingerprint density at radius 2 is 1.00 bits per heavy atom. The summed E-state index contributed by atoms with van der Waals surface area (Å²) in [6.45, 7) is 8.71. The maximum absolute atomic E-state index is 2.35. The lowest BCUT2D eigenvalue weighted by Gasteiger charge is -2.18. The van der Waals surface area contributed by atoms with Gasteiger partial charge >= 0.3 is 0 Å². The van der Waals surface area contributed by atoms with Gasteiger partial charge in [0.15, 0.2) is 0 Å². The molecule has 4 aliphatic rings. The topological polar surface area (TPSA) is 0 Å². The summed E-state index contributed by atoms with van der Waals surface area (Å²) in [5, 5.41) is 0. The Labute approximate surface area is 128 Å². The van der Waals surface area contributed by atoms with Gasteiger partial charge in [-0.2, -0.15) is 0 Å². The van der Waals surface area contributed by atoms with Crippen molar-refractivity contribution in [1.82, 2.24) is 0 Å². The minimum atomic E-state index is 1.13. The summed E-state index contributed by atoms with van der Waals surface area (Å²) in [4.78, 5) is 0. The fourth-order valence-electron chi connectivity index (χ4n) is 5.75. The van der Waals surface area contributed by atoms with Crippen molar-refractivity contribution in [2.45, 2.75) is 91.9 Å². The van der Waals surface area contributed by atoms with Crippen LogP contribution in [0.3, 0.4) is 0 Å². The van der Waals surface area contributed by atoms with E-state index in [0.717, 1.165) is 35.5 Å². The van der Waals surface area contributed by atoms with Gasteiger partial charge in [0, 0.05) is 0 Å². The molecule has 4 bridgehead atoms. The summed E-state index contributed by atoms with van der Waals surface area (Å²) >= 11 is 0. The smallest absolute Gasteiger partial charge is 0.0383 e. The number of rotatable bonds is 2. The van der Waals surface area contributed by atoms with Crippen molar-refractivity contribution in [2.75, 3.05) is 0 Å². The molecule has 0 spiro atoms. The van der Waals surface area contributed by atoms with Crippen LogP contribution in [-0.2, 0) is 0 Å². The van der Waals surface area contributed by atoms with Crippen LogP contribution in [0.2, 0.25) is 0 Å². The lowest BCUT2D eigenvalue weighted by Crippen LogP contribution is -2.08. The summed E-state index contributed by atoms with van der Waals surface area (Å²) in [7, 11) is 0. The lowest BCUT2D eigenvalue weighted by atomic mass is 9.87. The quantitative estimate of drug-likeness (QED) is 0.527. The van der Waals surface area contributed by atoms with Crippen molar-refractivity contribution >= 4 is 0 Å². The maximum atomic E-state index is 2.35. The molecule has 6 atom stereocenters. The molecule has 0 radical (unpaired) electrons. The molecular weight excluding hydrogens is 240 g/mol. The average molecular weight is 279 g/mol. The molecule has 4 aliphatic carbocycles. The minimum Gasteiger partial charge on any atom is -0.0683 e. The van der Waals surface area contributed by atoms with E-state index in [4.69, 9.17) is 0 Å². The molecular formula is C20H38. The Kier molecular flexibility index (Phi) is 6.43. The summed E-state index contributed by atoms with van der Waals surface area (Å²) in [5.74, 6) is 6.87. The van der Waals surface area contributed by atoms with E-state index in [9.17, 15) is 0 Å². The molecule has 0 amide bonds. The Hall–Kier alpha value is 0. The molecule has 20 heavy (non-hydrogen) atoms. The van der Waals surface area contributed by atoms with E-state index in [2.05, 4.69) is 13.8 Å². The predicted octanol–water partition coefficient (Wildman–Crippen LogP) is 6.69. The second kappa shape index (κ2) is 7.85. The lowest BCUT2D eigenvalue weighted by molar-refractivity contribution is 0.324. The van der Waals surface area contributed by atoms with Gasteiger partial charge in [-0.25, -0.2) is 0 Å². The van der Waals surface area contributed by atoms with Crippen LogP contribution in [0.25, 0.3) is 0 Å². The molecule has 0 aromatic rings. The second-order valence-electron chi connectivity index (χ2n) is 7.69. The van der Waals surface area contributed by atoms with Crippen molar-refractivity contribution in [3.05, 3.63) is 0 Å². The van der Waals surface area contributed by atoms with Gasteiger partial charge in [0.05, 0.1) is 0 Å². The zero-order chi connectivity index (χ0) is 14.5. The highest BCUT2D eigenvalue weighted by Crippen LogP contribution is 2.50. The van der Waals surface area contributed by atoms with E-state index < -0.39 is 0 Å². The molecule has 0 heterocycles. The Morgan fingerprint density at radius 3 is 1.15 bits per heavy atom. The fraction of sp³-hybridized carbons (Fsp3) is 1.00. The van der Waals surface area contributed by atoms with Crippen molar-refractivity contribution in [2.24, 2.45) is 35.5 Å². The normalized spacial score (nSPS) is 43.8. The fourth-order valence-corrected chi connectivity index (χ4v) is 5.75. The molecule has 118 valence electrons. The van der Waals surface area contributed by atoms with Crippen molar-refractivity contribution < 1.29 is 0 Å². The Bertz CT molecular complexity index is 241. The van der Waals surface area contributed by atoms with Crippen molar-refractivity contribution in [3.8, 4) is 0 Å². The second-order valence-corrected chi connectivity index (χ2v) is 7.69. The van der Waals surface area contributed by atoms with Crippen molar-refractivity contribution in [3.63, 3.8) is 0 Å². The van der Waals surface area contributed by atoms with E-state index in [0.29, 0.717) is 0 Å². The molecule has 0 aliphatic heterocycles. The molecule has 4 rings (SSSR count). The number of fused-ring (bicyclic) bond motifs is 4. The van der Waals surface area contributed by atoms with Gasteiger partial charge in [-0.15, -0.1) is 0 Å². The molecule has 4 fully saturated rings. The summed E-state index contributed by atoms with van der Waals surface area (Å²) in [6.07, 6.45) is 15.4. The molecule has 0 saturated heterocycles. The molecule has 0 aromatic carbocycles. The van der Waals surface area contributed by atoms with E-state index in [1.165, 1.54) is 12.8 Å².